The highest BCUT2D eigenvalue weighted by atomic mass is 32.1. The number of anilines is 1. The van der Waals surface area contributed by atoms with Crippen molar-refractivity contribution >= 4 is 41.3 Å². The minimum absolute atomic E-state index is 0.0160. The van der Waals surface area contributed by atoms with Gasteiger partial charge in [-0.2, -0.15) is 4.37 Å². The van der Waals surface area contributed by atoms with Crippen LogP contribution in [0.5, 0.6) is 0 Å². The molecular weight excluding hydrogens is 398 g/mol. The minimum atomic E-state index is -0.236. The predicted octanol–water partition coefficient (Wildman–Crippen LogP) is 3.32. The van der Waals surface area contributed by atoms with Gasteiger partial charge in [-0.15, -0.1) is 0 Å². The number of rotatable bonds is 3. The van der Waals surface area contributed by atoms with Crippen LogP contribution in [0.1, 0.15) is 49.1 Å². The van der Waals surface area contributed by atoms with Crippen molar-refractivity contribution in [3.63, 3.8) is 0 Å². The lowest BCUT2D eigenvalue weighted by molar-refractivity contribution is -0.130. The molecule has 1 aliphatic carbocycles. The summed E-state index contributed by atoms with van der Waals surface area (Å²) in [5.74, 6) is 1.54. The van der Waals surface area contributed by atoms with Crippen LogP contribution in [0, 0.1) is 5.41 Å². The van der Waals surface area contributed by atoms with Crippen molar-refractivity contribution < 1.29 is 9.59 Å². The number of amides is 2. The van der Waals surface area contributed by atoms with Crippen LogP contribution in [0.15, 0.2) is 29.4 Å². The van der Waals surface area contributed by atoms with Crippen molar-refractivity contribution in [2.45, 2.75) is 38.5 Å². The number of hydrogen-bond donors (Lipinski definition) is 1. The van der Waals surface area contributed by atoms with Crippen LogP contribution in [-0.2, 0) is 16.0 Å². The van der Waals surface area contributed by atoms with Crippen molar-refractivity contribution in [2.24, 2.45) is 5.41 Å². The first kappa shape index (κ1) is 19.1. The van der Waals surface area contributed by atoms with E-state index >= 15 is 0 Å². The summed E-state index contributed by atoms with van der Waals surface area (Å²) in [5, 5.41) is 2.95. The molecule has 1 saturated carbocycles. The van der Waals surface area contributed by atoms with E-state index in [1.54, 1.807) is 17.8 Å². The maximum absolute atomic E-state index is 12.6. The van der Waals surface area contributed by atoms with Gasteiger partial charge in [0.15, 0.2) is 5.82 Å². The number of aromatic nitrogens is 3. The Morgan fingerprint density at radius 1 is 1.23 bits per heavy atom. The van der Waals surface area contributed by atoms with Gasteiger partial charge in [-0.05, 0) is 73.0 Å². The molecule has 0 bridgehead atoms. The lowest BCUT2D eigenvalue weighted by Gasteiger charge is -2.43. The first-order valence-electron chi connectivity index (χ1n) is 10.3. The van der Waals surface area contributed by atoms with Gasteiger partial charge in [0.05, 0.1) is 5.41 Å². The molecule has 2 fully saturated rings. The van der Waals surface area contributed by atoms with Crippen molar-refractivity contribution in [2.75, 3.05) is 18.4 Å². The molecule has 3 aliphatic rings. The first-order valence-corrected chi connectivity index (χ1v) is 11.2. The standard InChI is InChI=1S/C22H23N5O2S/c28-19(27-8-4-15(5-9-27)11-18-24-14-30-26-18)3-2-16-10-17-12-22(6-1-7-22)21(29)25-20(17)23-13-16/h2-3,10-11,13-14H,1,4-9,12H2,(H,23,25,29). The van der Waals surface area contributed by atoms with Crippen LogP contribution in [0.3, 0.4) is 0 Å². The van der Waals surface area contributed by atoms with Gasteiger partial charge in [-0.1, -0.05) is 12.0 Å². The molecule has 8 heteroatoms. The maximum atomic E-state index is 12.6. The highest BCUT2D eigenvalue weighted by Crippen LogP contribution is 2.47. The van der Waals surface area contributed by atoms with Crippen molar-refractivity contribution in [3.05, 3.63) is 46.4 Å². The summed E-state index contributed by atoms with van der Waals surface area (Å²) in [6.07, 6.45) is 12.6. The average molecular weight is 422 g/mol. The zero-order valence-electron chi connectivity index (χ0n) is 16.6. The maximum Gasteiger partial charge on any atom is 0.246 e. The van der Waals surface area contributed by atoms with E-state index in [2.05, 4.69) is 19.7 Å². The predicted molar refractivity (Wildman–Crippen MR) is 116 cm³/mol. The number of nitrogens with zero attached hydrogens (tertiary/aromatic N) is 4. The number of piperidine rings is 1. The number of likely N-dealkylation sites (tertiary alicyclic amines) is 1. The highest BCUT2D eigenvalue weighted by molar-refractivity contribution is 7.03. The van der Waals surface area contributed by atoms with Crippen LogP contribution >= 0.6 is 11.5 Å². The Morgan fingerprint density at radius 3 is 2.77 bits per heavy atom. The van der Waals surface area contributed by atoms with E-state index in [-0.39, 0.29) is 17.2 Å². The topological polar surface area (TPSA) is 88.1 Å². The fraction of sp³-hybridized carbons (Fsp3) is 0.409. The minimum Gasteiger partial charge on any atom is -0.339 e. The molecule has 0 unspecified atom stereocenters. The summed E-state index contributed by atoms with van der Waals surface area (Å²) in [6, 6.07) is 2.05. The van der Waals surface area contributed by atoms with Gasteiger partial charge in [0.1, 0.15) is 11.3 Å². The fourth-order valence-corrected chi connectivity index (χ4v) is 4.83. The third-order valence-corrected chi connectivity index (χ3v) is 6.88. The van der Waals surface area contributed by atoms with Gasteiger partial charge in [0, 0.05) is 25.4 Å². The van der Waals surface area contributed by atoms with Crippen molar-refractivity contribution in [1.29, 1.82) is 0 Å². The average Bonchev–Trinajstić information content (AvgIpc) is 3.24. The largest absolute Gasteiger partial charge is 0.339 e. The lowest BCUT2D eigenvalue weighted by atomic mass is 9.63. The summed E-state index contributed by atoms with van der Waals surface area (Å²) in [5.41, 5.74) is 4.73. The quantitative estimate of drug-likeness (QED) is 0.768. The molecule has 2 aromatic rings. The number of carbonyl (C=O) groups excluding carboxylic acids is 2. The molecule has 1 saturated heterocycles. The third kappa shape index (κ3) is 3.67. The molecule has 1 N–H and O–H groups in total. The number of nitrogens with one attached hydrogen (secondary N) is 1. The summed E-state index contributed by atoms with van der Waals surface area (Å²) in [6.45, 7) is 1.41. The summed E-state index contributed by atoms with van der Waals surface area (Å²) in [7, 11) is 0. The van der Waals surface area contributed by atoms with Crippen LogP contribution in [0.2, 0.25) is 0 Å². The number of hydrogen-bond acceptors (Lipinski definition) is 6. The van der Waals surface area contributed by atoms with Gasteiger partial charge in [0.2, 0.25) is 11.8 Å². The molecule has 4 heterocycles. The van der Waals surface area contributed by atoms with Crippen LogP contribution in [0.25, 0.3) is 12.2 Å². The molecule has 2 aliphatic heterocycles. The van der Waals surface area contributed by atoms with Crippen molar-refractivity contribution in [3.8, 4) is 0 Å². The summed E-state index contributed by atoms with van der Waals surface area (Å²) >= 11 is 1.35. The Kier molecular flexibility index (Phi) is 4.94. The molecule has 0 atom stereocenters. The van der Waals surface area contributed by atoms with E-state index in [1.807, 2.05) is 23.1 Å². The van der Waals surface area contributed by atoms with Crippen LogP contribution in [0.4, 0.5) is 5.82 Å². The number of fused-ring (bicyclic) bond motifs is 1. The Balaban J connectivity index is 1.21. The van der Waals surface area contributed by atoms with E-state index in [9.17, 15) is 9.59 Å². The second-order valence-corrected chi connectivity index (χ2v) is 8.90. The first-order chi connectivity index (χ1) is 14.6. The third-order valence-electron chi connectivity index (χ3n) is 6.39. The monoisotopic (exact) mass is 421 g/mol. The Bertz CT molecular complexity index is 1030. The normalized spacial score (nSPS) is 20.1. The van der Waals surface area contributed by atoms with Gasteiger partial charge >= 0.3 is 0 Å². The Hall–Kier alpha value is -2.87. The Morgan fingerprint density at radius 2 is 2.07 bits per heavy atom. The zero-order valence-corrected chi connectivity index (χ0v) is 17.5. The van der Waals surface area contributed by atoms with E-state index in [0.29, 0.717) is 18.9 Å². The van der Waals surface area contributed by atoms with Gasteiger partial charge in [-0.3, -0.25) is 9.59 Å². The SMILES string of the molecule is O=C(C=Cc1cnc2c(c1)CC1(CCC1)C(=O)N2)N1CCC(=Cc2ncsn2)CC1. The second-order valence-electron chi connectivity index (χ2n) is 8.29. The van der Waals surface area contributed by atoms with Crippen LogP contribution < -0.4 is 5.32 Å². The fourth-order valence-electron chi connectivity index (χ4n) is 4.42. The summed E-state index contributed by atoms with van der Waals surface area (Å²) < 4.78 is 4.21. The molecule has 0 radical (unpaired) electrons. The van der Waals surface area contributed by atoms with Gasteiger partial charge in [-0.25, -0.2) is 9.97 Å². The highest BCUT2D eigenvalue weighted by Gasteiger charge is 2.47. The van der Waals surface area contributed by atoms with Crippen LogP contribution in [-0.4, -0.2) is 44.1 Å². The molecule has 2 amide bonds. The smallest absolute Gasteiger partial charge is 0.246 e. The lowest BCUT2D eigenvalue weighted by Crippen LogP contribution is -2.46. The van der Waals surface area contributed by atoms with Crippen molar-refractivity contribution in [1.82, 2.24) is 19.2 Å². The zero-order chi connectivity index (χ0) is 20.6. The molecular formula is C22H23N5O2S. The molecule has 154 valence electrons. The second kappa shape index (κ2) is 7.75. The van der Waals surface area contributed by atoms with E-state index in [0.717, 1.165) is 55.5 Å². The Labute approximate surface area is 179 Å². The molecule has 2 aromatic heterocycles. The molecule has 0 aromatic carbocycles. The molecule has 1 spiro atoms. The van der Waals surface area contributed by atoms with E-state index in [4.69, 9.17) is 0 Å². The summed E-state index contributed by atoms with van der Waals surface area (Å²) in [4.78, 5) is 35.4. The van der Waals surface area contributed by atoms with Gasteiger partial charge in [0.25, 0.3) is 0 Å². The van der Waals surface area contributed by atoms with E-state index < -0.39 is 0 Å². The molecule has 7 nitrogen and oxygen atoms in total. The van der Waals surface area contributed by atoms with Gasteiger partial charge < -0.3 is 10.2 Å². The number of carbonyl (C=O) groups is 2. The van der Waals surface area contributed by atoms with E-state index in [1.165, 1.54) is 17.1 Å². The molecule has 5 rings (SSSR count). The number of pyridine rings is 1. The molecule has 30 heavy (non-hydrogen) atoms.